The van der Waals surface area contributed by atoms with Gasteiger partial charge in [0, 0.05) is 0 Å². The number of rotatable bonds is 3. The van der Waals surface area contributed by atoms with Gasteiger partial charge in [0.25, 0.3) is 0 Å². The van der Waals surface area contributed by atoms with Crippen molar-refractivity contribution in [3.8, 4) is 0 Å². The molecular weight excluding hydrogens is 282 g/mol. The smallest absolute Gasteiger partial charge is 0.167 e. The van der Waals surface area contributed by atoms with Crippen molar-refractivity contribution in [3.63, 3.8) is 0 Å². The Morgan fingerprint density at radius 1 is 1.45 bits per heavy atom. The van der Waals surface area contributed by atoms with Crippen LogP contribution in [-0.4, -0.2) is 60.1 Å². The second kappa shape index (κ2) is 5.17. The molecule has 9 heteroatoms. The van der Waals surface area contributed by atoms with Gasteiger partial charge in [0.15, 0.2) is 17.7 Å². The maximum Gasteiger partial charge on any atom is 0.167 e. The Balaban J connectivity index is 2.04. The number of ether oxygens (including phenoxy) is 1. The van der Waals surface area contributed by atoms with Gasteiger partial charge in [0.1, 0.15) is 17.9 Å². The lowest BCUT2D eigenvalue weighted by Gasteiger charge is -2.19. The molecule has 0 bridgehead atoms. The molecule has 0 radical (unpaired) electrons. The van der Waals surface area contributed by atoms with Crippen molar-refractivity contribution in [3.05, 3.63) is 12.7 Å². The molecule has 2 aromatic rings. The molecule has 2 aromatic heterocycles. The molecule has 0 aromatic carbocycles. The molecule has 1 fully saturated rings. The van der Waals surface area contributed by atoms with Gasteiger partial charge in [-0.3, -0.25) is 4.57 Å². The Morgan fingerprint density at radius 3 is 2.95 bits per heavy atom. The molecule has 4 N–H and O–H groups in total. The molecule has 0 aliphatic carbocycles. The summed E-state index contributed by atoms with van der Waals surface area (Å²) in [5, 5.41) is 19.2. The van der Waals surface area contributed by atoms with Crippen LogP contribution in [0.5, 0.6) is 0 Å². The molecular formula is C11H15N5O3S. The fourth-order valence-corrected chi connectivity index (χ4v) is 3.29. The Morgan fingerprint density at radius 2 is 2.25 bits per heavy atom. The average molecular weight is 297 g/mol. The molecule has 3 heterocycles. The van der Waals surface area contributed by atoms with Gasteiger partial charge in [-0.05, 0) is 6.26 Å². The number of hydrogen-bond donors (Lipinski definition) is 3. The highest BCUT2D eigenvalue weighted by atomic mass is 32.2. The summed E-state index contributed by atoms with van der Waals surface area (Å²) in [6.45, 7) is -0.238. The quantitative estimate of drug-likeness (QED) is 0.686. The van der Waals surface area contributed by atoms with Crippen LogP contribution in [0.1, 0.15) is 6.23 Å². The summed E-state index contributed by atoms with van der Waals surface area (Å²) in [5.74, 6) is 0.298. The molecule has 0 saturated carbocycles. The number of nitrogens with zero attached hydrogens (tertiary/aromatic N) is 4. The van der Waals surface area contributed by atoms with Crippen LogP contribution >= 0.6 is 11.8 Å². The van der Waals surface area contributed by atoms with E-state index in [0.29, 0.717) is 17.0 Å². The van der Waals surface area contributed by atoms with Crippen LogP contribution < -0.4 is 5.73 Å². The maximum atomic E-state index is 10.1. The summed E-state index contributed by atoms with van der Waals surface area (Å²) in [6.07, 6.45) is 2.98. The van der Waals surface area contributed by atoms with E-state index >= 15 is 0 Å². The number of anilines is 1. The third kappa shape index (κ3) is 1.94. The van der Waals surface area contributed by atoms with Crippen LogP contribution in [0.25, 0.3) is 11.2 Å². The Kier molecular flexibility index (Phi) is 3.50. The Bertz CT molecular complexity index is 621. The molecule has 1 aliphatic rings. The first-order chi connectivity index (χ1) is 9.67. The molecule has 0 spiro atoms. The minimum Gasteiger partial charge on any atom is -0.394 e. The minimum atomic E-state index is -0.753. The van der Waals surface area contributed by atoms with E-state index in [1.807, 2.05) is 6.26 Å². The van der Waals surface area contributed by atoms with E-state index in [2.05, 4.69) is 15.0 Å². The van der Waals surface area contributed by atoms with Gasteiger partial charge in [0.05, 0.1) is 24.3 Å². The van der Waals surface area contributed by atoms with Crippen LogP contribution in [0.3, 0.4) is 0 Å². The number of aliphatic hydroxyl groups is 2. The number of imidazole rings is 1. The molecule has 20 heavy (non-hydrogen) atoms. The van der Waals surface area contributed by atoms with Gasteiger partial charge in [-0.25, -0.2) is 15.0 Å². The molecule has 1 aliphatic heterocycles. The van der Waals surface area contributed by atoms with Gasteiger partial charge in [-0.15, -0.1) is 0 Å². The van der Waals surface area contributed by atoms with E-state index in [9.17, 15) is 10.2 Å². The zero-order valence-corrected chi connectivity index (χ0v) is 11.6. The first-order valence-electron chi connectivity index (χ1n) is 6.07. The van der Waals surface area contributed by atoms with Crippen LogP contribution in [0.4, 0.5) is 5.82 Å². The zero-order chi connectivity index (χ0) is 14.3. The van der Waals surface area contributed by atoms with Gasteiger partial charge in [0.2, 0.25) is 0 Å². The maximum absolute atomic E-state index is 10.1. The lowest BCUT2D eigenvalue weighted by Crippen LogP contribution is -2.31. The Hall–Kier alpha value is -1.42. The third-order valence-electron chi connectivity index (χ3n) is 3.43. The molecule has 8 nitrogen and oxygen atoms in total. The van der Waals surface area contributed by atoms with Gasteiger partial charge in [-0.1, -0.05) is 0 Å². The van der Waals surface area contributed by atoms with E-state index in [4.69, 9.17) is 10.5 Å². The fourth-order valence-electron chi connectivity index (χ4n) is 2.40. The number of aliphatic hydroxyl groups excluding tert-OH is 2. The first kappa shape index (κ1) is 13.6. The van der Waals surface area contributed by atoms with Gasteiger partial charge < -0.3 is 20.7 Å². The lowest BCUT2D eigenvalue weighted by atomic mass is 10.2. The van der Waals surface area contributed by atoms with E-state index in [1.165, 1.54) is 18.1 Å². The van der Waals surface area contributed by atoms with Crippen molar-refractivity contribution in [2.24, 2.45) is 0 Å². The summed E-state index contributed by atoms with van der Waals surface area (Å²) in [4.78, 5) is 12.2. The predicted octanol–water partition coefficient (Wildman–Crippen LogP) is -0.609. The average Bonchev–Trinajstić information content (AvgIpc) is 3.00. The first-order valence-corrected chi connectivity index (χ1v) is 7.36. The number of hydrogen-bond acceptors (Lipinski definition) is 8. The van der Waals surface area contributed by atoms with Gasteiger partial charge in [-0.2, -0.15) is 11.8 Å². The highest BCUT2D eigenvalue weighted by molar-refractivity contribution is 7.99. The highest BCUT2D eigenvalue weighted by Gasteiger charge is 2.44. The summed E-state index contributed by atoms with van der Waals surface area (Å²) in [6, 6.07) is 0. The van der Waals surface area contributed by atoms with Crippen LogP contribution in [0, 0.1) is 0 Å². The molecule has 4 atom stereocenters. The van der Waals surface area contributed by atoms with Crippen LogP contribution in [0.2, 0.25) is 0 Å². The van der Waals surface area contributed by atoms with E-state index in [0.717, 1.165) is 0 Å². The van der Waals surface area contributed by atoms with Crippen molar-refractivity contribution in [2.75, 3.05) is 18.6 Å². The van der Waals surface area contributed by atoms with Crippen molar-refractivity contribution < 1.29 is 14.9 Å². The number of fused-ring (bicyclic) bond motifs is 1. The number of nitrogens with two attached hydrogens (primary N) is 1. The minimum absolute atomic E-state index is 0.222. The Labute approximate surface area is 119 Å². The summed E-state index contributed by atoms with van der Waals surface area (Å²) < 4.78 is 7.44. The van der Waals surface area contributed by atoms with Crippen LogP contribution in [0.15, 0.2) is 12.7 Å². The molecule has 0 amide bonds. The summed E-state index contributed by atoms with van der Waals surface area (Å²) >= 11 is 1.47. The van der Waals surface area contributed by atoms with E-state index < -0.39 is 18.4 Å². The number of thioether (sulfide) groups is 1. The van der Waals surface area contributed by atoms with Crippen LogP contribution in [-0.2, 0) is 4.74 Å². The standard InChI is InChI=1S/C11H15N5O3S/c1-20-8-7(18)5(2-17)19-11(8)16-4-15-6-9(12)13-3-14-10(6)16/h3-5,7-8,11,17-18H,2H2,1H3,(H2,12,13,14)/t5-,7-,8-,11-/m1/s1. The molecule has 108 valence electrons. The third-order valence-corrected chi connectivity index (χ3v) is 4.48. The summed E-state index contributed by atoms with van der Waals surface area (Å²) in [5.41, 5.74) is 6.80. The van der Waals surface area contributed by atoms with Gasteiger partial charge >= 0.3 is 0 Å². The monoisotopic (exact) mass is 297 g/mol. The van der Waals surface area contributed by atoms with Crippen molar-refractivity contribution in [1.29, 1.82) is 0 Å². The van der Waals surface area contributed by atoms with E-state index in [1.54, 1.807) is 10.9 Å². The molecule has 0 unspecified atom stereocenters. The fraction of sp³-hybridized carbons (Fsp3) is 0.545. The largest absolute Gasteiger partial charge is 0.394 e. The SMILES string of the molecule is CS[C@@H]1[C@H](O)[C@@H](CO)O[C@H]1n1cnc2c(N)ncnc21. The predicted molar refractivity (Wildman–Crippen MR) is 74.0 cm³/mol. The lowest BCUT2D eigenvalue weighted by molar-refractivity contribution is -0.0430. The highest BCUT2D eigenvalue weighted by Crippen LogP contribution is 2.37. The second-order valence-corrected chi connectivity index (χ2v) is 5.54. The van der Waals surface area contributed by atoms with Crippen molar-refractivity contribution in [1.82, 2.24) is 19.5 Å². The molecule has 1 saturated heterocycles. The number of aromatic nitrogens is 4. The van der Waals surface area contributed by atoms with E-state index in [-0.39, 0.29) is 11.9 Å². The normalized spacial score (nSPS) is 30.1. The van der Waals surface area contributed by atoms with Crippen molar-refractivity contribution in [2.45, 2.75) is 23.7 Å². The van der Waals surface area contributed by atoms with Crippen molar-refractivity contribution >= 4 is 28.7 Å². The molecule has 3 rings (SSSR count). The second-order valence-electron chi connectivity index (χ2n) is 4.52. The number of nitrogen functional groups attached to an aromatic ring is 1. The zero-order valence-electron chi connectivity index (χ0n) is 10.7. The topological polar surface area (TPSA) is 119 Å². The summed E-state index contributed by atoms with van der Waals surface area (Å²) in [7, 11) is 0.